The summed E-state index contributed by atoms with van der Waals surface area (Å²) in [4.78, 5) is 14.9. The molecule has 5 nitrogen and oxygen atoms in total. The molecule has 1 fully saturated rings. The second-order valence-electron chi connectivity index (χ2n) is 3.92. The van der Waals surface area contributed by atoms with Crippen LogP contribution in [-0.4, -0.2) is 80.8 Å². The second-order valence-corrected chi connectivity index (χ2v) is 3.92. The smallest absolute Gasteiger partial charge is 0.145 e. The highest BCUT2D eigenvalue weighted by Crippen LogP contribution is 2.01. The van der Waals surface area contributed by atoms with Crippen LogP contribution in [0.25, 0.3) is 0 Å². The molecule has 0 bridgehead atoms. The van der Waals surface area contributed by atoms with Crippen molar-refractivity contribution in [2.75, 3.05) is 59.6 Å². The largest absolute Gasteiger partial charge is 0.400 e. The quantitative estimate of drug-likeness (QED) is 0.500. The van der Waals surface area contributed by atoms with E-state index in [-0.39, 0.29) is 6.61 Å². The Kier molecular flexibility index (Phi) is 11.6. The number of nitrogens with zero attached hydrogens (tertiary/aromatic N) is 2. The summed E-state index contributed by atoms with van der Waals surface area (Å²) < 4.78 is 5.14. The molecule has 1 aliphatic rings. The molecule has 0 spiro atoms. The summed E-state index contributed by atoms with van der Waals surface area (Å²) in [7, 11) is 1.00. The Morgan fingerprint density at radius 3 is 2.12 bits per heavy atom. The molecule has 17 heavy (non-hydrogen) atoms. The van der Waals surface area contributed by atoms with Crippen molar-refractivity contribution < 1.29 is 14.6 Å². The van der Waals surface area contributed by atoms with Crippen LogP contribution in [0.3, 0.4) is 0 Å². The fourth-order valence-electron chi connectivity index (χ4n) is 1.88. The predicted octanol–water partition coefficient (Wildman–Crippen LogP) is -0.162. The van der Waals surface area contributed by atoms with Crippen molar-refractivity contribution in [2.45, 2.75) is 13.3 Å². The standard InChI is InChI=1S/C11H22N2O2.CH4O/c1-2-3-12-4-6-13(7-5-12)8-10-15-11-9-14;1-2/h9H,2-8,10-11H2,1H3;2H,1H3. The van der Waals surface area contributed by atoms with E-state index in [0.717, 1.165) is 33.0 Å². The van der Waals surface area contributed by atoms with Crippen molar-refractivity contribution >= 4 is 6.29 Å². The van der Waals surface area contributed by atoms with Crippen molar-refractivity contribution in [3.63, 3.8) is 0 Å². The van der Waals surface area contributed by atoms with Crippen LogP contribution in [0.15, 0.2) is 0 Å². The van der Waals surface area contributed by atoms with Crippen molar-refractivity contribution in [3.05, 3.63) is 0 Å². The topological polar surface area (TPSA) is 53.0 Å². The number of piperazine rings is 1. The molecule has 0 atom stereocenters. The molecular weight excluding hydrogens is 220 g/mol. The second kappa shape index (κ2) is 12.0. The van der Waals surface area contributed by atoms with Gasteiger partial charge >= 0.3 is 0 Å². The first-order valence-electron chi connectivity index (χ1n) is 6.27. The van der Waals surface area contributed by atoms with Crippen LogP contribution in [0.4, 0.5) is 0 Å². The molecule has 0 amide bonds. The first-order chi connectivity index (χ1) is 8.36. The molecule has 0 aromatic rings. The van der Waals surface area contributed by atoms with Crippen LogP contribution >= 0.6 is 0 Å². The summed E-state index contributed by atoms with van der Waals surface area (Å²) in [5, 5.41) is 7.00. The lowest BCUT2D eigenvalue weighted by Gasteiger charge is -2.34. The van der Waals surface area contributed by atoms with E-state index in [9.17, 15) is 4.79 Å². The summed E-state index contributed by atoms with van der Waals surface area (Å²) in [6.45, 7) is 9.89. The van der Waals surface area contributed by atoms with Crippen LogP contribution < -0.4 is 0 Å². The first-order valence-corrected chi connectivity index (χ1v) is 6.27. The summed E-state index contributed by atoms with van der Waals surface area (Å²) in [6.07, 6.45) is 2.04. The molecule has 1 saturated heterocycles. The Labute approximate surface area is 104 Å². The van der Waals surface area contributed by atoms with Crippen molar-refractivity contribution in [3.8, 4) is 0 Å². The van der Waals surface area contributed by atoms with Gasteiger partial charge in [-0.3, -0.25) is 4.90 Å². The fourth-order valence-corrected chi connectivity index (χ4v) is 1.88. The number of aldehydes is 1. The van der Waals surface area contributed by atoms with Gasteiger partial charge in [-0.2, -0.15) is 0 Å². The maximum atomic E-state index is 10.0. The van der Waals surface area contributed by atoms with Gasteiger partial charge in [0.2, 0.25) is 0 Å². The molecule has 0 aliphatic carbocycles. The third-order valence-corrected chi connectivity index (χ3v) is 2.74. The van der Waals surface area contributed by atoms with E-state index in [0.29, 0.717) is 6.61 Å². The highest BCUT2D eigenvalue weighted by atomic mass is 16.5. The van der Waals surface area contributed by atoms with Gasteiger partial charge in [-0.25, -0.2) is 0 Å². The fraction of sp³-hybridized carbons (Fsp3) is 0.917. The Bertz CT molecular complexity index is 171. The maximum absolute atomic E-state index is 10.0. The molecule has 0 aromatic heterocycles. The zero-order valence-electron chi connectivity index (χ0n) is 11.1. The van der Waals surface area contributed by atoms with Gasteiger partial charge in [0, 0.05) is 39.8 Å². The molecule has 0 saturated carbocycles. The molecule has 1 rings (SSSR count). The molecular formula is C12H26N2O3. The monoisotopic (exact) mass is 246 g/mol. The van der Waals surface area contributed by atoms with E-state index in [4.69, 9.17) is 9.84 Å². The van der Waals surface area contributed by atoms with Crippen LogP contribution in [-0.2, 0) is 9.53 Å². The minimum atomic E-state index is 0.232. The van der Waals surface area contributed by atoms with Gasteiger partial charge in [-0.1, -0.05) is 6.92 Å². The van der Waals surface area contributed by atoms with E-state index >= 15 is 0 Å². The van der Waals surface area contributed by atoms with Gasteiger partial charge in [0.1, 0.15) is 12.9 Å². The summed E-state index contributed by atoms with van der Waals surface area (Å²) in [5.41, 5.74) is 0. The average Bonchev–Trinajstić information content (AvgIpc) is 2.39. The molecule has 0 unspecified atom stereocenters. The lowest BCUT2D eigenvalue weighted by molar-refractivity contribution is -0.112. The number of rotatable bonds is 7. The van der Waals surface area contributed by atoms with Gasteiger partial charge in [0.05, 0.1) is 6.61 Å². The van der Waals surface area contributed by atoms with E-state index < -0.39 is 0 Å². The molecule has 0 radical (unpaired) electrons. The van der Waals surface area contributed by atoms with Gasteiger partial charge in [-0.15, -0.1) is 0 Å². The molecule has 1 N–H and O–H groups in total. The van der Waals surface area contributed by atoms with Gasteiger partial charge in [0.25, 0.3) is 0 Å². The third kappa shape index (κ3) is 8.26. The molecule has 102 valence electrons. The zero-order chi connectivity index (χ0) is 12.9. The number of ether oxygens (including phenoxy) is 1. The minimum absolute atomic E-state index is 0.232. The van der Waals surface area contributed by atoms with E-state index in [1.807, 2.05) is 0 Å². The predicted molar refractivity (Wildman–Crippen MR) is 68.2 cm³/mol. The van der Waals surface area contributed by atoms with Crippen LogP contribution in [0.1, 0.15) is 13.3 Å². The first kappa shape index (κ1) is 16.5. The highest BCUT2D eigenvalue weighted by molar-refractivity contribution is 5.50. The normalized spacial score (nSPS) is 17.4. The van der Waals surface area contributed by atoms with Crippen molar-refractivity contribution in [1.29, 1.82) is 0 Å². The Hall–Kier alpha value is -0.490. The zero-order valence-corrected chi connectivity index (χ0v) is 11.1. The number of hydrogen-bond acceptors (Lipinski definition) is 5. The molecule has 5 heteroatoms. The minimum Gasteiger partial charge on any atom is -0.400 e. The van der Waals surface area contributed by atoms with Gasteiger partial charge in [-0.05, 0) is 13.0 Å². The van der Waals surface area contributed by atoms with Gasteiger partial charge in [0.15, 0.2) is 0 Å². The summed E-state index contributed by atoms with van der Waals surface area (Å²) in [5.74, 6) is 0. The number of carbonyl (C=O) groups excluding carboxylic acids is 1. The van der Waals surface area contributed by atoms with E-state index in [1.54, 1.807) is 0 Å². The highest BCUT2D eigenvalue weighted by Gasteiger charge is 2.15. The molecule has 1 heterocycles. The Morgan fingerprint density at radius 1 is 1.12 bits per heavy atom. The van der Waals surface area contributed by atoms with Crippen LogP contribution in [0.2, 0.25) is 0 Å². The summed E-state index contributed by atoms with van der Waals surface area (Å²) in [6, 6.07) is 0. The number of carbonyl (C=O) groups is 1. The van der Waals surface area contributed by atoms with Crippen molar-refractivity contribution in [2.24, 2.45) is 0 Å². The maximum Gasteiger partial charge on any atom is 0.145 e. The Balaban J connectivity index is 0.00000121. The lowest BCUT2D eigenvalue weighted by Crippen LogP contribution is -2.47. The SMILES string of the molecule is CCCN1CCN(CCOCC=O)CC1.CO. The molecule has 1 aliphatic heterocycles. The average molecular weight is 246 g/mol. The van der Waals surface area contributed by atoms with Crippen molar-refractivity contribution in [1.82, 2.24) is 9.80 Å². The Morgan fingerprint density at radius 2 is 1.65 bits per heavy atom. The lowest BCUT2D eigenvalue weighted by atomic mass is 10.3. The van der Waals surface area contributed by atoms with Gasteiger partial charge < -0.3 is 19.5 Å². The van der Waals surface area contributed by atoms with E-state index in [1.165, 1.54) is 26.1 Å². The van der Waals surface area contributed by atoms with Crippen LogP contribution in [0, 0.1) is 0 Å². The number of hydrogen-bond donors (Lipinski definition) is 1. The van der Waals surface area contributed by atoms with Crippen LogP contribution in [0.5, 0.6) is 0 Å². The molecule has 0 aromatic carbocycles. The third-order valence-electron chi connectivity index (χ3n) is 2.74. The number of aliphatic hydroxyl groups excluding tert-OH is 1. The van der Waals surface area contributed by atoms with E-state index in [2.05, 4.69) is 16.7 Å². The summed E-state index contributed by atoms with van der Waals surface area (Å²) >= 11 is 0. The number of aliphatic hydroxyl groups is 1.